The summed E-state index contributed by atoms with van der Waals surface area (Å²) in [5, 5.41) is 21.1. The zero-order valence-corrected chi connectivity index (χ0v) is 10.7. The second-order valence-corrected chi connectivity index (χ2v) is 4.53. The molecule has 2 unspecified atom stereocenters. The Morgan fingerprint density at radius 2 is 2.42 bits per heavy atom. The lowest BCUT2D eigenvalue weighted by atomic mass is 10.1. The monoisotopic (exact) mass is 266 g/mol. The topological polar surface area (TPSA) is 104 Å². The summed E-state index contributed by atoms with van der Waals surface area (Å²) in [6.07, 6.45) is 3.00. The largest absolute Gasteiger partial charge is 0.409 e. The molecule has 4 N–H and O–H groups in total. The SMILES string of the molecule is CC1CN(c2cnccc2/C(N)=N/O)CC(CO)O1. The average molecular weight is 266 g/mol. The summed E-state index contributed by atoms with van der Waals surface area (Å²) in [5.74, 6) is 0.0390. The molecule has 0 saturated carbocycles. The zero-order valence-electron chi connectivity index (χ0n) is 10.7. The van der Waals surface area contributed by atoms with Crippen molar-refractivity contribution in [3.63, 3.8) is 0 Å². The van der Waals surface area contributed by atoms with Gasteiger partial charge < -0.3 is 25.7 Å². The van der Waals surface area contributed by atoms with Crippen molar-refractivity contribution >= 4 is 11.5 Å². The van der Waals surface area contributed by atoms with Crippen molar-refractivity contribution in [3.8, 4) is 0 Å². The molecule has 1 aromatic heterocycles. The first kappa shape index (κ1) is 13.6. The Hall–Kier alpha value is -1.86. The molecule has 104 valence electrons. The Morgan fingerprint density at radius 3 is 3.11 bits per heavy atom. The van der Waals surface area contributed by atoms with Crippen LogP contribution < -0.4 is 10.6 Å². The average Bonchev–Trinajstić information content (AvgIpc) is 2.45. The van der Waals surface area contributed by atoms with Crippen molar-refractivity contribution in [3.05, 3.63) is 24.0 Å². The number of oxime groups is 1. The first-order valence-corrected chi connectivity index (χ1v) is 6.09. The van der Waals surface area contributed by atoms with E-state index in [0.717, 1.165) is 5.69 Å². The van der Waals surface area contributed by atoms with Crippen LogP contribution in [0.15, 0.2) is 23.6 Å². The van der Waals surface area contributed by atoms with E-state index in [4.69, 9.17) is 15.7 Å². The minimum absolute atomic E-state index is 0.00811. The number of ether oxygens (including phenoxy) is 1. The van der Waals surface area contributed by atoms with Gasteiger partial charge in [-0.15, -0.1) is 0 Å². The number of nitrogens with zero attached hydrogens (tertiary/aromatic N) is 3. The van der Waals surface area contributed by atoms with Gasteiger partial charge in [-0.3, -0.25) is 4.98 Å². The molecule has 0 radical (unpaired) electrons. The number of morpholine rings is 1. The fraction of sp³-hybridized carbons (Fsp3) is 0.500. The van der Waals surface area contributed by atoms with Crippen molar-refractivity contribution in [2.45, 2.75) is 19.1 Å². The van der Waals surface area contributed by atoms with Crippen molar-refractivity contribution in [2.75, 3.05) is 24.6 Å². The van der Waals surface area contributed by atoms with Crippen LogP contribution in [0.4, 0.5) is 5.69 Å². The maximum Gasteiger partial charge on any atom is 0.172 e. The van der Waals surface area contributed by atoms with Gasteiger partial charge in [-0.05, 0) is 13.0 Å². The molecule has 2 heterocycles. The maximum absolute atomic E-state index is 9.24. The first-order valence-electron chi connectivity index (χ1n) is 6.09. The normalized spacial score (nSPS) is 24.5. The van der Waals surface area contributed by atoms with Crippen molar-refractivity contribution in [1.82, 2.24) is 4.98 Å². The molecule has 0 spiro atoms. The molecule has 7 nitrogen and oxygen atoms in total. The van der Waals surface area contributed by atoms with E-state index in [2.05, 4.69) is 10.1 Å². The third-order valence-corrected chi connectivity index (χ3v) is 3.05. The Labute approximate surface area is 111 Å². The van der Waals surface area contributed by atoms with Crippen LogP contribution in [0.3, 0.4) is 0 Å². The Balaban J connectivity index is 2.30. The molecule has 0 aliphatic carbocycles. The Bertz CT molecular complexity index is 466. The standard InChI is InChI=1S/C12H18N4O3/c1-8-5-16(6-9(7-17)19-8)11-4-14-3-2-10(11)12(13)15-18/h2-4,8-9,17-18H,5-7H2,1H3,(H2,13,15). The van der Waals surface area contributed by atoms with Gasteiger partial charge >= 0.3 is 0 Å². The third kappa shape index (κ3) is 2.94. The van der Waals surface area contributed by atoms with E-state index >= 15 is 0 Å². The molecule has 1 fully saturated rings. The summed E-state index contributed by atoms with van der Waals surface area (Å²) in [6, 6.07) is 1.69. The second-order valence-electron chi connectivity index (χ2n) is 4.53. The predicted molar refractivity (Wildman–Crippen MR) is 70.4 cm³/mol. The van der Waals surface area contributed by atoms with Crippen LogP contribution in [-0.2, 0) is 4.74 Å². The Morgan fingerprint density at radius 1 is 1.63 bits per heavy atom. The highest BCUT2D eigenvalue weighted by molar-refractivity contribution is 6.02. The van der Waals surface area contributed by atoms with Gasteiger partial charge in [0.1, 0.15) is 0 Å². The molecule has 0 amide bonds. The molecule has 1 aromatic rings. The first-order chi connectivity index (χ1) is 9.15. The third-order valence-electron chi connectivity index (χ3n) is 3.05. The van der Waals surface area contributed by atoms with Crippen molar-refractivity contribution in [2.24, 2.45) is 10.9 Å². The molecule has 1 aliphatic heterocycles. The number of aliphatic hydroxyl groups excluding tert-OH is 1. The van der Waals surface area contributed by atoms with Crippen molar-refractivity contribution in [1.29, 1.82) is 0 Å². The van der Waals surface area contributed by atoms with Crippen LogP contribution in [0.25, 0.3) is 0 Å². The zero-order chi connectivity index (χ0) is 13.8. The summed E-state index contributed by atoms with van der Waals surface area (Å²) in [7, 11) is 0. The number of aromatic nitrogens is 1. The number of anilines is 1. The molecular weight excluding hydrogens is 248 g/mol. The highest BCUT2D eigenvalue weighted by atomic mass is 16.5. The van der Waals surface area contributed by atoms with Gasteiger partial charge in [0.2, 0.25) is 0 Å². The number of hydrogen-bond donors (Lipinski definition) is 3. The maximum atomic E-state index is 9.24. The quantitative estimate of drug-likeness (QED) is 0.302. The lowest BCUT2D eigenvalue weighted by molar-refractivity contribution is -0.0421. The van der Waals surface area contributed by atoms with Gasteiger partial charge in [-0.25, -0.2) is 0 Å². The van der Waals surface area contributed by atoms with E-state index in [1.165, 1.54) is 0 Å². The predicted octanol–water partition coefficient (Wildman–Crippen LogP) is -0.238. The van der Waals surface area contributed by atoms with Gasteiger partial charge in [0, 0.05) is 24.8 Å². The molecule has 2 atom stereocenters. The number of pyridine rings is 1. The lowest BCUT2D eigenvalue weighted by Crippen LogP contribution is -2.48. The van der Waals surface area contributed by atoms with Gasteiger partial charge in [0.15, 0.2) is 5.84 Å². The second kappa shape index (κ2) is 5.85. The summed E-state index contributed by atoms with van der Waals surface area (Å²) in [6.45, 7) is 3.10. The number of nitrogens with two attached hydrogens (primary N) is 1. The minimum atomic E-state index is -0.246. The van der Waals surface area contributed by atoms with E-state index in [1.54, 1.807) is 18.5 Å². The highest BCUT2D eigenvalue weighted by Gasteiger charge is 2.26. The number of aliphatic hydroxyl groups is 1. The van der Waals surface area contributed by atoms with Crippen LogP contribution in [0.1, 0.15) is 12.5 Å². The lowest BCUT2D eigenvalue weighted by Gasteiger charge is -2.38. The van der Waals surface area contributed by atoms with Gasteiger partial charge in [0.05, 0.1) is 30.7 Å². The molecular formula is C12H18N4O3. The number of rotatable bonds is 3. The van der Waals surface area contributed by atoms with Crippen LogP contribution in [0.2, 0.25) is 0 Å². The molecule has 7 heteroatoms. The van der Waals surface area contributed by atoms with Gasteiger partial charge in [-0.2, -0.15) is 0 Å². The minimum Gasteiger partial charge on any atom is -0.409 e. The van der Waals surface area contributed by atoms with E-state index in [0.29, 0.717) is 18.7 Å². The van der Waals surface area contributed by atoms with Gasteiger partial charge in [-0.1, -0.05) is 5.16 Å². The fourth-order valence-corrected chi connectivity index (χ4v) is 2.25. The molecule has 1 aliphatic rings. The molecule has 1 saturated heterocycles. The fourth-order valence-electron chi connectivity index (χ4n) is 2.25. The summed E-state index contributed by atoms with van der Waals surface area (Å²) in [4.78, 5) is 6.10. The molecule has 0 aromatic carbocycles. The van der Waals surface area contributed by atoms with Crippen LogP contribution in [-0.4, -0.2) is 53.0 Å². The smallest absolute Gasteiger partial charge is 0.172 e. The van der Waals surface area contributed by atoms with Crippen LogP contribution in [0, 0.1) is 0 Å². The molecule has 19 heavy (non-hydrogen) atoms. The number of hydrogen-bond acceptors (Lipinski definition) is 6. The van der Waals surface area contributed by atoms with E-state index < -0.39 is 0 Å². The molecule has 2 rings (SSSR count). The van der Waals surface area contributed by atoms with E-state index in [1.807, 2.05) is 11.8 Å². The highest BCUT2D eigenvalue weighted by Crippen LogP contribution is 2.23. The van der Waals surface area contributed by atoms with E-state index in [-0.39, 0.29) is 24.7 Å². The summed E-state index contributed by atoms with van der Waals surface area (Å²) >= 11 is 0. The molecule has 0 bridgehead atoms. The Kier molecular flexibility index (Phi) is 4.18. The van der Waals surface area contributed by atoms with Crippen molar-refractivity contribution < 1.29 is 15.1 Å². The number of amidine groups is 1. The van der Waals surface area contributed by atoms with E-state index in [9.17, 15) is 5.11 Å². The summed E-state index contributed by atoms with van der Waals surface area (Å²) in [5.41, 5.74) is 7.05. The van der Waals surface area contributed by atoms with Crippen LogP contribution in [0.5, 0.6) is 0 Å². The van der Waals surface area contributed by atoms with Gasteiger partial charge in [0.25, 0.3) is 0 Å². The van der Waals surface area contributed by atoms with Crippen LogP contribution >= 0.6 is 0 Å². The summed E-state index contributed by atoms with van der Waals surface area (Å²) < 4.78 is 5.59.